The first-order chi connectivity index (χ1) is 68.8. The van der Waals surface area contributed by atoms with Crippen LogP contribution in [0.15, 0.2) is 425 Å². The van der Waals surface area contributed by atoms with Gasteiger partial charge in [0.2, 0.25) is 0 Å². The van der Waals surface area contributed by atoms with E-state index in [-0.39, 0.29) is 10.8 Å². The number of hydrogen-bond acceptors (Lipinski definition) is 4. The van der Waals surface area contributed by atoms with Gasteiger partial charge >= 0.3 is 0 Å². The van der Waals surface area contributed by atoms with Gasteiger partial charge < -0.3 is 18.3 Å². The second-order valence-corrected chi connectivity index (χ2v) is 39.3. The highest BCUT2D eigenvalue weighted by atomic mass is 15.0. The molecule has 140 heavy (non-hydrogen) atoms. The number of para-hydroxylation sites is 6. The molecular weight excluding hydrogens is 1700 g/mol. The van der Waals surface area contributed by atoms with Gasteiger partial charge in [0.15, 0.2) is 0 Å². The second-order valence-electron chi connectivity index (χ2n) is 39.3. The van der Waals surface area contributed by atoms with E-state index in [1.54, 1.807) is 0 Å². The molecule has 2 aliphatic carbocycles. The molecule has 0 bridgehead atoms. The molecule has 8 heteroatoms. The molecule has 0 unspecified atom stereocenters. The summed E-state index contributed by atoms with van der Waals surface area (Å²) in [7, 11) is 0. The molecule has 8 heterocycles. The van der Waals surface area contributed by atoms with Crippen molar-refractivity contribution in [3.8, 4) is 112 Å². The fourth-order valence-corrected chi connectivity index (χ4v) is 23.6. The number of aromatic nitrogens is 8. The maximum atomic E-state index is 5.87. The molecule has 0 N–H and O–H groups in total. The lowest BCUT2D eigenvalue weighted by Gasteiger charge is -2.22. The Morgan fingerprint density at radius 3 is 0.814 bits per heavy atom. The van der Waals surface area contributed by atoms with Crippen molar-refractivity contribution in [1.82, 2.24) is 38.2 Å². The van der Waals surface area contributed by atoms with Crippen LogP contribution in [0.1, 0.15) is 87.8 Å². The Morgan fingerprint density at radius 1 is 0.200 bits per heavy atom. The largest absolute Gasteiger partial charge is 0.309 e. The Labute approximate surface area is 811 Å². The summed E-state index contributed by atoms with van der Waals surface area (Å²) in [5.74, 6) is 0. The van der Waals surface area contributed by atoms with Crippen LogP contribution in [0.4, 0.5) is 0 Å². The molecular formula is C132H96N8. The third kappa shape index (κ3) is 13.0. The van der Waals surface area contributed by atoms with Crippen LogP contribution < -0.4 is 0 Å². The quantitative estimate of drug-likeness (QED) is 0.102. The first kappa shape index (κ1) is 82.3. The van der Waals surface area contributed by atoms with Crippen molar-refractivity contribution in [3.05, 3.63) is 458 Å². The number of pyridine rings is 4. The molecule has 26 aromatic rings. The van der Waals surface area contributed by atoms with Crippen molar-refractivity contribution in [1.29, 1.82) is 0 Å². The van der Waals surface area contributed by atoms with Gasteiger partial charge in [-0.15, -0.1) is 0 Å². The summed E-state index contributed by atoms with van der Waals surface area (Å²) in [5.41, 5.74) is 43.2. The minimum atomic E-state index is -0.162. The maximum Gasteiger partial charge on any atom is 0.0972 e. The molecule has 8 nitrogen and oxygen atoms in total. The van der Waals surface area contributed by atoms with Crippen LogP contribution >= 0.6 is 0 Å². The Morgan fingerprint density at radius 2 is 0.471 bits per heavy atom. The lowest BCUT2D eigenvalue weighted by molar-refractivity contribution is 0.660. The Kier molecular flexibility index (Phi) is 18.9. The van der Waals surface area contributed by atoms with Gasteiger partial charge in [0.05, 0.1) is 89.0 Å². The normalized spacial score (nSPS) is 13.0. The lowest BCUT2D eigenvalue weighted by atomic mass is 9.81. The van der Waals surface area contributed by atoms with E-state index in [0.29, 0.717) is 0 Å². The minimum absolute atomic E-state index is 0.162. The molecule has 28 rings (SSSR count). The van der Waals surface area contributed by atoms with Gasteiger partial charge in [-0.2, -0.15) is 0 Å². The second kappa shape index (κ2) is 32.2. The number of aryl methyl sites for hydroxylation is 2. The Hall–Kier alpha value is -17.2. The van der Waals surface area contributed by atoms with Crippen molar-refractivity contribution in [2.45, 2.75) is 78.1 Å². The summed E-state index contributed by atoms with van der Waals surface area (Å²) in [6, 6.07) is 156. The average Bonchev–Trinajstić information content (AvgIpc) is 1.53. The van der Waals surface area contributed by atoms with Gasteiger partial charge in [-0.05, 0) is 225 Å². The molecule has 0 aliphatic heterocycles. The molecule has 2 aliphatic rings. The van der Waals surface area contributed by atoms with E-state index in [4.69, 9.17) is 19.9 Å². The van der Waals surface area contributed by atoms with Crippen molar-refractivity contribution in [2.75, 3.05) is 0 Å². The monoisotopic (exact) mass is 1790 g/mol. The van der Waals surface area contributed by atoms with Gasteiger partial charge in [0.1, 0.15) is 0 Å². The van der Waals surface area contributed by atoms with Crippen LogP contribution in [0.3, 0.4) is 0 Å². The van der Waals surface area contributed by atoms with Gasteiger partial charge in [0.25, 0.3) is 0 Å². The topological polar surface area (TPSA) is 71.3 Å². The zero-order chi connectivity index (χ0) is 93.3. The van der Waals surface area contributed by atoms with Crippen LogP contribution in [0.2, 0.25) is 0 Å². The highest BCUT2D eigenvalue weighted by Gasteiger charge is 2.38. The number of rotatable bonds is 14. The fourth-order valence-electron chi connectivity index (χ4n) is 23.6. The summed E-state index contributed by atoms with van der Waals surface area (Å²) < 4.78 is 9.54. The number of hydrogen-bond donors (Lipinski definition) is 0. The van der Waals surface area contributed by atoms with E-state index in [0.717, 1.165) is 159 Å². The van der Waals surface area contributed by atoms with Crippen LogP contribution in [-0.4, -0.2) is 38.2 Å². The highest BCUT2D eigenvalue weighted by molar-refractivity contribution is 6.15. The van der Waals surface area contributed by atoms with Crippen molar-refractivity contribution < 1.29 is 0 Å². The van der Waals surface area contributed by atoms with E-state index in [1.165, 1.54) is 143 Å². The SMILES string of the molecule is CC1(C)c2ccccc2-c2ccc(-c3cc4ccc5cc(-c6ccc7c(c6)C(C)(C)c6ccccc6-7)c(-c6ccc(-n7c8ccccc8c8ccccc87)cc6)nc5c4nc3-c3ccc(-n4c5ccccc5c5ccccc54)cc3)cc21.CCCc1ccc2c(c1)c1ccccc1n2-c1ccc(-c2ccc3ccc4ccc(-c5ccc(-n6c7ccccc7c7cc(CCC)ccc76)cc5)nc4c3n2)cc1. The fraction of sp³-hybridized carbons (Fsp3) is 0.0909. The molecule has 0 saturated heterocycles. The van der Waals surface area contributed by atoms with E-state index in [2.05, 4.69) is 484 Å². The molecule has 0 amide bonds. The molecule has 18 aromatic carbocycles. The third-order valence-corrected chi connectivity index (χ3v) is 30.4. The summed E-state index contributed by atoms with van der Waals surface area (Å²) in [6.07, 6.45) is 4.46. The Balaban J connectivity index is 0.000000149. The maximum absolute atomic E-state index is 5.87. The predicted molar refractivity (Wildman–Crippen MR) is 587 cm³/mol. The first-order valence-corrected chi connectivity index (χ1v) is 49.2. The van der Waals surface area contributed by atoms with E-state index >= 15 is 0 Å². The summed E-state index contributed by atoms with van der Waals surface area (Å²) in [5, 5.41) is 14.4. The van der Waals surface area contributed by atoms with Crippen molar-refractivity contribution >= 4 is 131 Å². The molecule has 0 radical (unpaired) electrons. The standard InChI is InChI=1S/C78H54N4.C54H42N4/c1-77(2)65-23-11-5-17-55(65)57-41-35-49(45-67(57)77)63-43-51-29-30-52-44-64(50-36-42-58-56-18-6-12-24-66(56)78(3,4)68(58)46-50)74(48-33-39-54(40-34-48)82-71-27-15-9-21-61(71)62-22-10-16-28-72(62)82)80-76(52)75(51)79-73(63)47-31-37-53(38-32-47)81-69-25-13-7-19-59(69)60-20-8-14-26-70(60)81;1-3-9-35-15-31-51-45(33-35)43-11-5-7-13-49(43)57(51)41-25-19-37(20-26-41)47-29-23-39-17-18-40-24-30-48(56-54(40)53(39)55-47)38-21-27-42(28-22-38)58-50-14-8-6-12-44(50)46-34-36(10-4-2)16-32-52(46)58/h5-46H,1-4H3;5-8,11-34H,3-4,9-10H2,1-2H3. The van der Waals surface area contributed by atoms with Crippen molar-refractivity contribution in [2.24, 2.45) is 0 Å². The molecule has 8 aromatic heterocycles. The number of benzene rings is 18. The lowest BCUT2D eigenvalue weighted by Crippen LogP contribution is -2.15. The van der Waals surface area contributed by atoms with E-state index < -0.39 is 0 Å². The average molecular weight is 1790 g/mol. The first-order valence-electron chi connectivity index (χ1n) is 49.2. The van der Waals surface area contributed by atoms with Crippen molar-refractivity contribution in [3.63, 3.8) is 0 Å². The van der Waals surface area contributed by atoms with Gasteiger partial charge in [-0.1, -0.05) is 333 Å². The summed E-state index contributed by atoms with van der Waals surface area (Å²) in [4.78, 5) is 22.3. The van der Waals surface area contributed by atoms with Gasteiger partial charge in [-0.3, -0.25) is 0 Å². The van der Waals surface area contributed by atoms with Gasteiger partial charge in [-0.25, -0.2) is 19.9 Å². The van der Waals surface area contributed by atoms with E-state index in [1.807, 2.05) is 0 Å². The van der Waals surface area contributed by atoms with Crippen LogP contribution in [-0.2, 0) is 23.7 Å². The molecule has 0 saturated carbocycles. The Bertz CT molecular complexity index is 8970. The van der Waals surface area contributed by atoms with Crippen LogP contribution in [0, 0.1) is 0 Å². The minimum Gasteiger partial charge on any atom is -0.309 e. The molecule has 0 atom stereocenters. The zero-order valence-corrected chi connectivity index (χ0v) is 78.8. The van der Waals surface area contributed by atoms with Crippen LogP contribution in [0.5, 0.6) is 0 Å². The smallest absolute Gasteiger partial charge is 0.0972 e. The predicted octanol–water partition coefficient (Wildman–Crippen LogP) is 34.5. The van der Waals surface area contributed by atoms with E-state index in [9.17, 15) is 0 Å². The summed E-state index contributed by atoms with van der Waals surface area (Å²) >= 11 is 0. The highest BCUT2D eigenvalue weighted by Crippen LogP contribution is 2.54. The third-order valence-electron chi connectivity index (χ3n) is 30.4. The van der Waals surface area contributed by atoms with Crippen LogP contribution in [0.25, 0.3) is 243 Å². The molecule has 0 fully saturated rings. The zero-order valence-electron chi connectivity index (χ0n) is 78.8. The number of fused-ring (bicyclic) bond motifs is 24. The number of nitrogens with zero attached hydrogens (tertiary/aromatic N) is 8. The summed E-state index contributed by atoms with van der Waals surface area (Å²) in [6.45, 7) is 13.9. The molecule has 664 valence electrons. The molecule has 0 spiro atoms. The van der Waals surface area contributed by atoms with Gasteiger partial charge in [0, 0.05) is 132 Å².